The summed E-state index contributed by atoms with van der Waals surface area (Å²) in [5.41, 5.74) is 7.30. The number of carbonyl (C=O) groups excluding carboxylic acids is 1. The lowest BCUT2D eigenvalue weighted by Gasteiger charge is -2.35. The van der Waals surface area contributed by atoms with Gasteiger partial charge in [-0.25, -0.2) is 0 Å². The highest BCUT2D eigenvalue weighted by molar-refractivity contribution is 6.07. The second-order valence-electron chi connectivity index (χ2n) is 7.23. The van der Waals surface area contributed by atoms with Crippen molar-refractivity contribution in [1.82, 2.24) is 4.90 Å². The summed E-state index contributed by atoms with van der Waals surface area (Å²) in [7, 11) is 0. The Morgan fingerprint density at radius 1 is 0.808 bits per heavy atom. The first-order chi connectivity index (χ1) is 12.8. The van der Waals surface area contributed by atoms with Gasteiger partial charge < -0.3 is 4.90 Å². The molecule has 0 N–H and O–H groups in total. The van der Waals surface area contributed by atoms with E-state index in [0.717, 1.165) is 43.4 Å². The summed E-state index contributed by atoms with van der Waals surface area (Å²) in [4.78, 5) is 14.4. The Bertz CT molecular complexity index is 842. The molecule has 1 fully saturated rings. The van der Waals surface area contributed by atoms with Crippen molar-refractivity contribution in [3.05, 3.63) is 88.6 Å². The number of hydrogen-bond donors (Lipinski definition) is 0. The Morgan fingerprint density at radius 2 is 1.46 bits per heavy atom. The fourth-order valence-electron chi connectivity index (χ4n) is 4.12. The highest BCUT2D eigenvalue weighted by atomic mass is 16.1. The molecule has 2 heteroatoms. The highest BCUT2D eigenvalue weighted by Gasteiger charge is 2.22. The van der Waals surface area contributed by atoms with Crippen molar-refractivity contribution >= 4 is 11.9 Å². The van der Waals surface area contributed by atoms with Crippen LogP contribution in [0.2, 0.25) is 0 Å². The third-order valence-electron chi connectivity index (χ3n) is 5.53. The van der Waals surface area contributed by atoms with Crippen molar-refractivity contribution in [2.45, 2.75) is 32.1 Å². The van der Waals surface area contributed by atoms with Crippen molar-refractivity contribution in [1.29, 1.82) is 0 Å². The van der Waals surface area contributed by atoms with E-state index in [2.05, 4.69) is 35.2 Å². The molecule has 0 spiro atoms. The van der Waals surface area contributed by atoms with Crippen molar-refractivity contribution < 1.29 is 4.79 Å². The molecule has 0 aromatic heterocycles. The lowest BCUT2D eigenvalue weighted by molar-refractivity contribution is -0.103. The molecule has 0 bridgehead atoms. The van der Waals surface area contributed by atoms with Crippen LogP contribution >= 0.6 is 0 Å². The summed E-state index contributed by atoms with van der Waals surface area (Å²) in [6, 6.07) is 18.7. The van der Waals surface area contributed by atoms with Gasteiger partial charge in [0, 0.05) is 30.8 Å². The van der Waals surface area contributed by atoms with Gasteiger partial charge in [-0.2, -0.15) is 0 Å². The average Bonchev–Trinajstić information content (AvgIpc) is 2.72. The summed E-state index contributed by atoms with van der Waals surface area (Å²) in [5.74, 6) is 0. The van der Waals surface area contributed by atoms with Gasteiger partial charge in [-0.05, 0) is 54.0 Å². The predicted molar refractivity (Wildman–Crippen MR) is 107 cm³/mol. The predicted octanol–water partition coefficient (Wildman–Crippen LogP) is 4.81. The monoisotopic (exact) mass is 343 g/mol. The molecule has 2 aliphatic rings. The molecular weight excluding hydrogens is 318 g/mol. The smallest absolute Gasteiger partial charge is 0.150 e. The van der Waals surface area contributed by atoms with Crippen LogP contribution in [-0.2, 0) is 17.6 Å². The molecule has 0 unspecified atom stereocenters. The van der Waals surface area contributed by atoms with E-state index in [1.54, 1.807) is 0 Å². The number of rotatable bonds is 4. The summed E-state index contributed by atoms with van der Waals surface area (Å²) in [6.07, 6.45) is 8.87. The van der Waals surface area contributed by atoms with Crippen LogP contribution in [0.15, 0.2) is 71.9 Å². The van der Waals surface area contributed by atoms with Gasteiger partial charge >= 0.3 is 0 Å². The van der Waals surface area contributed by atoms with E-state index in [-0.39, 0.29) is 0 Å². The molecule has 0 atom stereocenters. The Morgan fingerprint density at radius 3 is 2.15 bits per heavy atom. The number of carbonyl (C=O) groups is 1. The molecule has 1 heterocycles. The fraction of sp³-hybridized carbons (Fsp3) is 0.292. The highest BCUT2D eigenvalue weighted by Crippen LogP contribution is 2.32. The molecule has 1 aliphatic heterocycles. The Balaban J connectivity index is 1.76. The first-order valence-corrected chi connectivity index (χ1v) is 9.61. The number of nitrogens with zero attached hydrogens (tertiary/aromatic N) is 1. The topological polar surface area (TPSA) is 20.3 Å². The number of benzene rings is 2. The molecule has 2 aromatic rings. The molecule has 1 saturated heterocycles. The molecular formula is C24H25NO. The van der Waals surface area contributed by atoms with Gasteiger partial charge in [-0.15, -0.1) is 0 Å². The molecule has 0 amide bonds. The summed E-state index contributed by atoms with van der Waals surface area (Å²) < 4.78 is 0. The minimum absolute atomic E-state index is 0.773. The molecule has 0 radical (unpaired) electrons. The van der Waals surface area contributed by atoms with Gasteiger partial charge in [0.25, 0.3) is 0 Å². The van der Waals surface area contributed by atoms with Gasteiger partial charge in [0.05, 0.1) is 0 Å². The van der Waals surface area contributed by atoms with E-state index in [1.807, 2.05) is 30.3 Å². The zero-order valence-corrected chi connectivity index (χ0v) is 15.2. The number of allylic oxidation sites excluding steroid dienone is 4. The molecule has 0 saturated carbocycles. The maximum Gasteiger partial charge on any atom is 0.150 e. The Kier molecular flexibility index (Phi) is 5.01. The number of aldehydes is 1. The van der Waals surface area contributed by atoms with Crippen LogP contribution in [0.5, 0.6) is 0 Å². The number of fused-ring (bicyclic) bond motifs is 1. The van der Waals surface area contributed by atoms with Gasteiger partial charge in [-0.3, -0.25) is 4.79 Å². The zero-order chi connectivity index (χ0) is 17.8. The van der Waals surface area contributed by atoms with Crippen molar-refractivity contribution in [2.24, 2.45) is 0 Å². The molecule has 1 aliphatic carbocycles. The third kappa shape index (κ3) is 3.50. The lowest BCUT2D eigenvalue weighted by atomic mass is 9.86. The summed E-state index contributed by atoms with van der Waals surface area (Å²) >= 11 is 0. The van der Waals surface area contributed by atoms with E-state index >= 15 is 0 Å². The second kappa shape index (κ2) is 7.74. The van der Waals surface area contributed by atoms with Crippen molar-refractivity contribution in [3.63, 3.8) is 0 Å². The van der Waals surface area contributed by atoms with E-state index in [4.69, 9.17) is 0 Å². The fourth-order valence-corrected chi connectivity index (χ4v) is 4.12. The van der Waals surface area contributed by atoms with Crippen LogP contribution in [0.1, 0.15) is 36.0 Å². The minimum atomic E-state index is 0.773. The van der Waals surface area contributed by atoms with Gasteiger partial charge in [-0.1, -0.05) is 54.6 Å². The van der Waals surface area contributed by atoms with Crippen LogP contribution in [0.3, 0.4) is 0 Å². The number of piperidine rings is 1. The molecule has 2 nitrogen and oxygen atoms in total. The first kappa shape index (κ1) is 16.8. The molecule has 2 aromatic carbocycles. The standard InChI is InChI=1S/C24H25NO/c26-18-23(19-9-3-1-4-10-19)16-22-15-20-11-5-6-12-21(20)17-24(22)25-13-7-2-8-14-25/h1,3-6,9-12,16,18H,2,7-8,13-15,17H2/b23-16+. The summed E-state index contributed by atoms with van der Waals surface area (Å²) in [5, 5.41) is 0. The largest absolute Gasteiger partial charge is 0.374 e. The van der Waals surface area contributed by atoms with Crippen LogP contribution in [0.25, 0.3) is 5.57 Å². The average molecular weight is 343 g/mol. The quantitative estimate of drug-likeness (QED) is 0.587. The SMILES string of the molecule is O=C/C(=C\C1=C(N2CCCCC2)Cc2ccccc2C1)c1ccccc1. The lowest BCUT2D eigenvalue weighted by Crippen LogP contribution is -2.32. The van der Waals surface area contributed by atoms with Crippen LogP contribution in [0.4, 0.5) is 0 Å². The maximum absolute atomic E-state index is 11.8. The summed E-state index contributed by atoms with van der Waals surface area (Å²) in [6.45, 7) is 2.27. The van der Waals surface area contributed by atoms with Crippen LogP contribution in [-0.4, -0.2) is 24.3 Å². The van der Waals surface area contributed by atoms with Gasteiger partial charge in [0.15, 0.2) is 6.29 Å². The first-order valence-electron chi connectivity index (χ1n) is 9.61. The molecule has 26 heavy (non-hydrogen) atoms. The van der Waals surface area contributed by atoms with Crippen LogP contribution in [0, 0.1) is 0 Å². The molecule has 132 valence electrons. The van der Waals surface area contributed by atoms with Gasteiger partial charge in [0.2, 0.25) is 0 Å². The molecule has 4 rings (SSSR count). The Hall–Kier alpha value is -2.61. The van der Waals surface area contributed by atoms with E-state index < -0.39 is 0 Å². The maximum atomic E-state index is 11.8. The van der Waals surface area contributed by atoms with Crippen molar-refractivity contribution in [2.75, 3.05) is 13.1 Å². The zero-order valence-electron chi connectivity index (χ0n) is 15.2. The number of hydrogen-bond acceptors (Lipinski definition) is 2. The van der Waals surface area contributed by atoms with E-state index in [0.29, 0.717) is 0 Å². The van der Waals surface area contributed by atoms with Gasteiger partial charge in [0.1, 0.15) is 0 Å². The van der Waals surface area contributed by atoms with E-state index in [9.17, 15) is 4.79 Å². The van der Waals surface area contributed by atoms with E-state index in [1.165, 1.54) is 41.7 Å². The number of likely N-dealkylation sites (tertiary alicyclic amines) is 1. The minimum Gasteiger partial charge on any atom is -0.374 e. The normalized spacial score (nSPS) is 17.8. The van der Waals surface area contributed by atoms with Crippen LogP contribution < -0.4 is 0 Å². The van der Waals surface area contributed by atoms with Crippen molar-refractivity contribution in [3.8, 4) is 0 Å². The second-order valence-corrected chi connectivity index (χ2v) is 7.23. The third-order valence-corrected chi connectivity index (χ3v) is 5.53. The Labute approximate surface area is 155 Å².